The molecule has 1 heterocycles. The van der Waals surface area contributed by atoms with Crippen molar-refractivity contribution >= 4 is 22.9 Å². The van der Waals surface area contributed by atoms with E-state index in [0.29, 0.717) is 4.99 Å². The van der Waals surface area contributed by atoms with Gasteiger partial charge in [0.05, 0.1) is 0 Å². The second-order valence-corrected chi connectivity index (χ2v) is 6.73. The van der Waals surface area contributed by atoms with Crippen molar-refractivity contribution in [3.8, 4) is 0 Å². The third kappa shape index (κ3) is 3.51. The van der Waals surface area contributed by atoms with Crippen LogP contribution >= 0.6 is 12.2 Å². The molecule has 2 N–H and O–H groups in total. The largest absolute Gasteiger partial charge is 0.389 e. The Morgan fingerprint density at radius 1 is 1.30 bits per heavy atom. The quantitative estimate of drug-likeness (QED) is 0.856. The van der Waals surface area contributed by atoms with E-state index in [0.717, 1.165) is 30.5 Å². The van der Waals surface area contributed by atoms with Crippen molar-refractivity contribution in [2.75, 3.05) is 18.0 Å². The van der Waals surface area contributed by atoms with Crippen molar-refractivity contribution in [3.05, 3.63) is 29.3 Å². The average molecular weight is 290 g/mol. The van der Waals surface area contributed by atoms with Crippen LogP contribution in [0.1, 0.15) is 44.2 Å². The first-order valence-electron chi connectivity index (χ1n) is 7.64. The summed E-state index contributed by atoms with van der Waals surface area (Å²) in [6, 6.07) is 6.46. The molecule has 3 heteroatoms. The Morgan fingerprint density at radius 3 is 2.65 bits per heavy atom. The summed E-state index contributed by atoms with van der Waals surface area (Å²) in [6.07, 6.45) is 3.95. The molecule has 1 aromatic rings. The van der Waals surface area contributed by atoms with Crippen molar-refractivity contribution in [3.63, 3.8) is 0 Å². The van der Waals surface area contributed by atoms with Gasteiger partial charge < -0.3 is 10.6 Å². The zero-order valence-electron chi connectivity index (χ0n) is 12.9. The van der Waals surface area contributed by atoms with Crippen LogP contribution in [0.15, 0.2) is 18.2 Å². The predicted molar refractivity (Wildman–Crippen MR) is 91.5 cm³/mol. The number of rotatable bonds is 3. The summed E-state index contributed by atoms with van der Waals surface area (Å²) in [7, 11) is 0. The molecule has 0 amide bonds. The van der Waals surface area contributed by atoms with Crippen molar-refractivity contribution in [2.45, 2.75) is 40.0 Å². The molecule has 110 valence electrons. The first kappa shape index (κ1) is 15.3. The van der Waals surface area contributed by atoms with Gasteiger partial charge in [0.1, 0.15) is 4.99 Å². The van der Waals surface area contributed by atoms with Crippen LogP contribution in [-0.4, -0.2) is 18.1 Å². The lowest BCUT2D eigenvalue weighted by molar-refractivity contribution is 0.351. The lowest BCUT2D eigenvalue weighted by Gasteiger charge is -2.24. The Morgan fingerprint density at radius 2 is 2.05 bits per heavy atom. The summed E-state index contributed by atoms with van der Waals surface area (Å²) < 4.78 is 0. The minimum absolute atomic E-state index is 0.491. The van der Waals surface area contributed by atoms with Crippen LogP contribution in [-0.2, 0) is 0 Å². The fourth-order valence-electron chi connectivity index (χ4n) is 3.17. The van der Waals surface area contributed by atoms with Crippen molar-refractivity contribution in [1.82, 2.24) is 0 Å². The molecule has 1 saturated heterocycles. The summed E-state index contributed by atoms with van der Waals surface area (Å²) in [5.41, 5.74) is 9.23. The zero-order valence-corrected chi connectivity index (χ0v) is 13.7. The molecule has 0 radical (unpaired) electrons. The van der Waals surface area contributed by atoms with Crippen LogP contribution in [0, 0.1) is 18.8 Å². The maximum Gasteiger partial charge on any atom is 0.104 e. The van der Waals surface area contributed by atoms with Crippen LogP contribution in [0.4, 0.5) is 5.69 Å². The molecule has 0 spiro atoms. The summed E-state index contributed by atoms with van der Waals surface area (Å²) in [5.74, 6) is 1.67. The van der Waals surface area contributed by atoms with Gasteiger partial charge in [0.2, 0.25) is 0 Å². The first-order valence-corrected chi connectivity index (χ1v) is 8.05. The number of nitrogens with zero attached hydrogens (tertiary/aromatic N) is 1. The zero-order chi connectivity index (χ0) is 14.7. The predicted octanol–water partition coefficient (Wildman–Crippen LogP) is 3.89. The van der Waals surface area contributed by atoms with Crippen LogP contribution < -0.4 is 10.6 Å². The van der Waals surface area contributed by atoms with E-state index in [9.17, 15) is 0 Å². The molecule has 1 atom stereocenters. The van der Waals surface area contributed by atoms with Gasteiger partial charge in [-0.2, -0.15) is 0 Å². The maximum absolute atomic E-state index is 5.74. The van der Waals surface area contributed by atoms with Gasteiger partial charge in [-0.1, -0.05) is 26.1 Å². The number of hydrogen-bond donors (Lipinski definition) is 1. The third-order valence-electron chi connectivity index (χ3n) is 4.56. The molecule has 1 aliphatic rings. The van der Waals surface area contributed by atoms with E-state index in [1.807, 2.05) is 0 Å². The molecule has 0 bridgehead atoms. The van der Waals surface area contributed by atoms with Crippen molar-refractivity contribution < 1.29 is 0 Å². The number of aryl methyl sites for hydroxylation is 1. The smallest absolute Gasteiger partial charge is 0.104 e. The van der Waals surface area contributed by atoms with E-state index < -0.39 is 0 Å². The summed E-state index contributed by atoms with van der Waals surface area (Å²) in [6.45, 7) is 9.11. The Balaban J connectivity index is 2.12. The Bertz CT molecular complexity index is 482. The summed E-state index contributed by atoms with van der Waals surface area (Å²) >= 11 is 5.08. The van der Waals surface area contributed by atoms with E-state index in [1.54, 1.807) is 0 Å². The fourth-order valence-corrected chi connectivity index (χ4v) is 3.40. The van der Waals surface area contributed by atoms with E-state index >= 15 is 0 Å². The first-order chi connectivity index (χ1) is 9.49. The number of thiocarbonyl (C=S) groups is 1. The number of anilines is 1. The lowest BCUT2D eigenvalue weighted by atomic mass is 9.89. The van der Waals surface area contributed by atoms with E-state index in [-0.39, 0.29) is 0 Å². The second kappa shape index (κ2) is 6.57. The molecule has 2 rings (SSSR count). The van der Waals surface area contributed by atoms with Gasteiger partial charge in [-0.3, -0.25) is 0 Å². The molecule has 0 aromatic heterocycles. The molecular weight excluding hydrogens is 264 g/mol. The molecule has 1 unspecified atom stereocenters. The number of benzene rings is 1. The monoisotopic (exact) mass is 290 g/mol. The molecule has 0 saturated carbocycles. The molecule has 0 aliphatic carbocycles. The molecule has 1 fully saturated rings. The maximum atomic E-state index is 5.74. The molecule has 20 heavy (non-hydrogen) atoms. The van der Waals surface area contributed by atoms with Gasteiger partial charge >= 0.3 is 0 Å². The molecule has 1 aromatic carbocycles. The van der Waals surface area contributed by atoms with Crippen molar-refractivity contribution in [1.29, 1.82) is 0 Å². The lowest BCUT2D eigenvalue weighted by Crippen LogP contribution is -2.25. The highest BCUT2D eigenvalue weighted by atomic mass is 32.1. The van der Waals surface area contributed by atoms with Gasteiger partial charge in [-0.15, -0.1) is 0 Å². The number of nitrogens with two attached hydrogens (primary N) is 1. The standard InChI is InChI=1S/C17H26N2S/c1-12(2)14-5-4-9-19(10-8-14)15-6-7-16(17(18)20)13(3)11-15/h6-7,11-12,14H,4-5,8-10H2,1-3H3,(H2,18,20). The van der Waals surface area contributed by atoms with E-state index in [4.69, 9.17) is 18.0 Å². The van der Waals surface area contributed by atoms with Gasteiger partial charge in [0, 0.05) is 24.3 Å². The van der Waals surface area contributed by atoms with Crippen LogP contribution in [0.3, 0.4) is 0 Å². The van der Waals surface area contributed by atoms with Gasteiger partial charge in [-0.25, -0.2) is 0 Å². The minimum Gasteiger partial charge on any atom is -0.389 e. The summed E-state index contributed by atoms with van der Waals surface area (Å²) in [5, 5.41) is 0. The second-order valence-electron chi connectivity index (χ2n) is 6.29. The van der Waals surface area contributed by atoms with Gasteiger partial charge in [0.15, 0.2) is 0 Å². The van der Waals surface area contributed by atoms with Gasteiger partial charge in [0.25, 0.3) is 0 Å². The van der Waals surface area contributed by atoms with Gasteiger partial charge in [-0.05, 0) is 61.8 Å². The Kier molecular flexibility index (Phi) is 5.03. The van der Waals surface area contributed by atoms with E-state index in [2.05, 4.69) is 43.9 Å². The highest BCUT2D eigenvalue weighted by Gasteiger charge is 2.19. The Hall–Kier alpha value is -1.09. The SMILES string of the molecule is Cc1cc(N2CCCC(C(C)C)CC2)ccc1C(N)=S. The van der Waals surface area contributed by atoms with Crippen molar-refractivity contribution in [2.24, 2.45) is 17.6 Å². The number of hydrogen-bond acceptors (Lipinski definition) is 2. The van der Waals surface area contributed by atoms with Crippen LogP contribution in [0.2, 0.25) is 0 Å². The van der Waals surface area contributed by atoms with Crippen LogP contribution in [0.5, 0.6) is 0 Å². The van der Waals surface area contributed by atoms with Crippen LogP contribution in [0.25, 0.3) is 0 Å². The highest BCUT2D eigenvalue weighted by Crippen LogP contribution is 2.28. The normalized spacial score (nSPS) is 20.0. The molecule has 1 aliphatic heterocycles. The third-order valence-corrected chi connectivity index (χ3v) is 4.78. The van der Waals surface area contributed by atoms with E-state index in [1.165, 1.54) is 30.5 Å². The minimum atomic E-state index is 0.491. The highest BCUT2D eigenvalue weighted by molar-refractivity contribution is 7.80. The topological polar surface area (TPSA) is 29.3 Å². The average Bonchev–Trinajstić information content (AvgIpc) is 2.63. The molecule has 2 nitrogen and oxygen atoms in total. The summed E-state index contributed by atoms with van der Waals surface area (Å²) in [4.78, 5) is 3.00. The Labute approximate surface area is 128 Å². The fraction of sp³-hybridized carbons (Fsp3) is 0.588. The molecular formula is C17H26N2S.